The SMILES string of the molecule is CCNC(=NCc1ccccc1OC)NCCCCn1ccnc1C. The third-order valence-electron chi connectivity index (χ3n) is 3.99. The normalized spacial score (nSPS) is 11.4. The minimum Gasteiger partial charge on any atom is -0.496 e. The molecular weight excluding hydrogens is 314 g/mol. The number of guanidine groups is 1. The molecule has 6 nitrogen and oxygen atoms in total. The molecule has 2 rings (SSSR count). The fraction of sp³-hybridized carbons (Fsp3) is 0.474. The van der Waals surface area contributed by atoms with E-state index in [0.717, 1.165) is 55.6 Å². The maximum Gasteiger partial charge on any atom is 0.191 e. The van der Waals surface area contributed by atoms with Crippen molar-refractivity contribution in [1.82, 2.24) is 20.2 Å². The number of methoxy groups -OCH3 is 1. The predicted molar refractivity (Wildman–Crippen MR) is 102 cm³/mol. The molecule has 0 amide bonds. The minimum atomic E-state index is 0.591. The molecule has 0 spiro atoms. The lowest BCUT2D eigenvalue weighted by molar-refractivity contribution is 0.410. The summed E-state index contributed by atoms with van der Waals surface area (Å²) >= 11 is 0. The summed E-state index contributed by atoms with van der Waals surface area (Å²) in [5.41, 5.74) is 1.08. The van der Waals surface area contributed by atoms with Crippen LogP contribution in [0.15, 0.2) is 41.7 Å². The van der Waals surface area contributed by atoms with Crippen molar-refractivity contribution in [3.63, 3.8) is 0 Å². The first-order valence-electron chi connectivity index (χ1n) is 8.86. The second-order valence-electron chi connectivity index (χ2n) is 5.81. The van der Waals surface area contributed by atoms with Gasteiger partial charge in [-0.15, -0.1) is 0 Å². The Bertz CT molecular complexity index is 665. The number of hydrogen-bond acceptors (Lipinski definition) is 3. The van der Waals surface area contributed by atoms with E-state index >= 15 is 0 Å². The number of imidazole rings is 1. The van der Waals surface area contributed by atoms with Crippen LogP contribution >= 0.6 is 0 Å². The number of aromatic nitrogens is 2. The van der Waals surface area contributed by atoms with Crippen LogP contribution in [0.2, 0.25) is 0 Å². The Balaban J connectivity index is 1.78. The molecule has 0 saturated heterocycles. The second-order valence-corrected chi connectivity index (χ2v) is 5.81. The lowest BCUT2D eigenvalue weighted by Crippen LogP contribution is -2.37. The molecule has 0 unspecified atom stereocenters. The van der Waals surface area contributed by atoms with Gasteiger partial charge in [-0.25, -0.2) is 9.98 Å². The van der Waals surface area contributed by atoms with Crippen LogP contribution in [0.4, 0.5) is 0 Å². The monoisotopic (exact) mass is 343 g/mol. The topological polar surface area (TPSA) is 63.5 Å². The molecule has 136 valence electrons. The fourth-order valence-corrected chi connectivity index (χ4v) is 2.59. The van der Waals surface area contributed by atoms with Crippen LogP contribution < -0.4 is 15.4 Å². The molecular formula is C19H29N5O. The summed E-state index contributed by atoms with van der Waals surface area (Å²) in [5.74, 6) is 2.78. The van der Waals surface area contributed by atoms with Crippen LogP contribution in [-0.4, -0.2) is 35.7 Å². The van der Waals surface area contributed by atoms with E-state index in [-0.39, 0.29) is 0 Å². The molecule has 0 aliphatic carbocycles. The number of nitrogens with one attached hydrogen (secondary N) is 2. The first-order chi connectivity index (χ1) is 12.2. The molecule has 2 N–H and O–H groups in total. The molecule has 1 aromatic carbocycles. The van der Waals surface area contributed by atoms with Crippen molar-refractivity contribution in [3.8, 4) is 5.75 Å². The van der Waals surface area contributed by atoms with Gasteiger partial charge in [0.25, 0.3) is 0 Å². The van der Waals surface area contributed by atoms with Crippen LogP contribution in [-0.2, 0) is 13.1 Å². The van der Waals surface area contributed by atoms with Crippen molar-refractivity contribution in [1.29, 1.82) is 0 Å². The van der Waals surface area contributed by atoms with E-state index < -0.39 is 0 Å². The lowest BCUT2D eigenvalue weighted by Gasteiger charge is -2.12. The van der Waals surface area contributed by atoms with Gasteiger partial charge in [-0.3, -0.25) is 0 Å². The predicted octanol–water partition coefficient (Wildman–Crippen LogP) is 2.74. The molecule has 2 aromatic rings. The minimum absolute atomic E-state index is 0.591. The van der Waals surface area contributed by atoms with Gasteiger partial charge in [0.15, 0.2) is 5.96 Å². The largest absolute Gasteiger partial charge is 0.496 e. The number of para-hydroxylation sites is 1. The Hall–Kier alpha value is -2.50. The first-order valence-corrected chi connectivity index (χ1v) is 8.86. The van der Waals surface area contributed by atoms with Gasteiger partial charge in [-0.05, 0) is 32.8 Å². The highest BCUT2D eigenvalue weighted by molar-refractivity contribution is 5.79. The summed E-state index contributed by atoms with van der Waals surface area (Å²) in [4.78, 5) is 8.90. The van der Waals surface area contributed by atoms with E-state index in [4.69, 9.17) is 4.74 Å². The van der Waals surface area contributed by atoms with Crippen LogP contribution in [0, 0.1) is 6.92 Å². The number of aliphatic imine (C=N–C) groups is 1. The average molecular weight is 343 g/mol. The number of ether oxygens (including phenoxy) is 1. The van der Waals surface area contributed by atoms with E-state index in [2.05, 4.69) is 32.1 Å². The summed E-state index contributed by atoms with van der Waals surface area (Å²) in [7, 11) is 1.69. The highest BCUT2D eigenvalue weighted by atomic mass is 16.5. The van der Waals surface area contributed by atoms with Gasteiger partial charge in [0.05, 0.1) is 13.7 Å². The molecule has 0 aliphatic heterocycles. The molecule has 25 heavy (non-hydrogen) atoms. The molecule has 0 bridgehead atoms. The van der Waals surface area contributed by atoms with Crippen molar-refractivity contribution in [2.45, 2.75) is 39.8 Å². The zero-order chi connectivity index (χ0) is 17.9. The van der Waals surface area contributed by atoms with E-state index in [1.807, 2.05) is 43.6 Å². The molecule has 0 aliphatic rings. The van der Waals surface area contributed by atoms with E-state index in [9.17, 15) is 0 Å². The number of aryl methyl sites for hydroxylation is 2. The first kappa shape index (κ1) is 18.8. The van der Waals surface area contributed by atoms with E-state index in [0.29, 0.717) is 6.54 Å². The summed E-state index contributed by atoms with van der Waals surface area (Å²) < 4.78 is 7.56. The molecule has 0 fully saturated rings. The van der Waals surface area contributed by atoms with Crippen molar-refractivity contribution in [2.24, 2.45) is 4.99 Å². The third-order valence-corrected chi connectivity index (χ3v) is 3.99. The third kappa shape index (κ3) is 6.14. The summed E-state index contributed by atoms with van der Waals surface area (Å²) in [6.45, 7) is 7.43. The second kappa shape index (κ2) is 10.4. The van der Waals surface area contributed by atoms with Crippen LogP contribution in [0.5, 0.6) is 5.75 Å². The smallest absolute Gasteiger partial charge is 0.191 e. The van der Waals surface area contributed by atoms with Gasteiger partial charge in [-0.2, -0.15) is 0 Å². The zero-order valence-electron chi connectivity index (χ0n) is 15.5. The van der Waals surface area contributed by atoms with E-state index in [1.54, 1.807) is 7.11 Å². The van der Waals surface area contributed by atoms with Gasteiger partial charge in [0, 0.05) is 37.6 Å². The lowest BCUT2D eigenvalue weighted by atomic mass is 10.2. The van der Waals surface area contributed by atoms with Crippen LogP contribution in [0.3, 0.4) is 0 Å². The van der Waals surface area contributed by atoms with Crippen molar-refractivity contribution < 1.29 is 4.74 Å². The standard InChI is InChI=1S/C19H29N5O/c1-4-20-19(23-15-17-9-5-6-10-18(17)25-3)22-11-7-8-13-24-14-12-21-16(24)2/h5-6,9-10,12,14H,4,7-8,11,13,15H2,1-3H3,(H2,20,22,23). The van der Waals surface area contributed by atoms with E-state index in [1.165, 1.54) is 0 Å². The molecule has 6 heteroatoms. The van der Waals surface area contributed by atoms with Gasteiger partial charge >= 0.3 is 0 Å². The quantitative estimate of drug-likeness (QED) is 0.417. The number of benzene rings is 1. The Kier molecular flexibility index (Phi) is 7.82. The molecule has 0 saturated carbocycles. The summed E-state index contributed by atoms with van der Waals surface area (Å²) in [6.07, 6.45) is 6.07. The average Bonchev–Trinajstić information content (AvgIpc) is 3.04. The Labute approximate surface area is 150 Å². The van der Waals surface area contributed by atoms with Gasteiger partial charge in [0.1, 0.15) is 11.6 Å². The number of unbranched alkanes of at least 4 members (excludes halogenated alkanes) is 1. The molecule has 0 atom stereocenters. The maximum absolute atomic E-state index is 5.38. The molecule has 1 aromatic heterocycles. The van der Waals surface area contributed by atoms with Crippen molar-refractivity contribution in [3.05, 3.63) is 48.0 Å². The van der Waals surface area contributed by atoms with Crippen molar-refractivity contribution >= 4 is 5.96 Å². The Morgan fingerprint density at radius 3 is 2.80 bits per heavy atom. The zero-order valence-corrected chi connectivity index (χ0v) is 15.5. The van der Waals surface area contributed by atoms with Crippen molar-refractivity contribution in [2.75, 3.05) is 20.2 Å². The fourth-order valence-electron chi connectivity index (χ4n) is 2.59. The highest BCUT2D eigenvalue weighted by Crippen LogP contribution is 2.17. The van der Waals surface area contributed by atoms with Gasteiger partial charge in [-0.1, -0.05) is 18.2 Å². The Morgan fingerprint density at radius 1 is 1.24 bits per heavy atom. The summed E-state index contributed by atoms with van der Waals surface area (Å²) in [5, 5.41) is 6.68. The maximum atomic E-state index is 5.38. The molecule has 1 heterocycles. The Morgan fingerprint density at radius 2 is 2.08 bits per heavy atom. The van der Waals surface area contributed by atoms with Crippen LogP contribution in [0.1, 0.15) is 31.2 Å². The van der Waals surface area contributed by atoms with Gasteiger partial charge < -0.3 is 19.9 Å². The number of rotatable bonds is 9. The number of nitrogens with zero attached hydrogens (tertiary/aromatic N) is 3. The summed E-state index contributed by atoms with van der Waals surface area (Å²) in [6, 6.07) is 7.98. The van der Waals surface area contributed by atoms with Crippen LogP contribution in [0.25, 0.3) is 0 Å². The highest BCUT2D eigenvalue weighted by Gasteiger charge is 2.02. The molecule has 0 radical (unpaired) electrons. The number of hydrogen-bond donors (Lipinski definition) is 2. The van der Waals surface area contributed by atoms with Gasteiger partial charge in [0.2, 0.25) is 0 Å².